The highest BCUT2D eigenvalue weighted by atomic mass is 16.6. The van der Waals surface area contributed by atoms with E-state index in [1.807, 2.05) is 0 Å². The molecule has 9 fully saturated rings. The maximum absolute atomic E-state index is 11.7. The molecule has 1 N–H and O–H groups in total. The first-order valence-corrected chi connectivity index (χ1v) is 10.9. The van der Waals surface area contributed by atoms with E-state index in [-0.39, 0.29) is 40.9 Å². The minimum atomic E-state index is -0.332. The van der Waals surface area contributed by atoms with Gasteiger partial charge in [-0.15, -0.1) is 0 Å². The molecule has 0 aromatic rings. The van der Waals surface area contributed by atoms with E-state index in [0.717, 1.165) is 19.6 Å². The minimum Gasteiger partial charge on any atom is -0.390 e. The Bertz CT molecular complexity index is 710. The Morgan fingerprint density at radius 3 is 2.96 bits per heavy atom. The van der Waals surface area contributed by atoms with Crippen LogP contribution < -0.4 is 0 Å². The topological polar surface area (TPSA) is 41.9 Å². The number of aliphatic hydroxyl groups excluding tert-OH is 1. The number of hydrogen-bond acceptors (Lipinski definition) is 4. The Labute approximate surface area is 155 Å². The van der Waals surface area contributed by atoms with Crippen LogP contribution in [0.1, 0.15) is 51.9 Å². The van der Waals surface area contributed by atoms with Gasteiger partial charge in [0.05, 0.1) is 18.8 Å². The zero-order chi connectivity index (χ0) is 17.5. The molecule has 9 rings (SSSR count). The number of allylic oxidation sites excluding steroid dienone is 1. The van der Waals surface area contributed by atoms with Crippen molar-refractivity contribution < 1.29 is 14.6 Å². The van der Waals surface area contributed by atoms with Crippen LogP contribution in [0.4, 0.5) is 0 Å². The van der Waals surface area contributed by atoms with Crippen LogP contribution in [0.25, 0.3) is 0 Å². The van der Waals surface area contributed by atoms with E-state index in [1.54, 1.807) is 0 Å². The summed E-state index contributed by atoms with van der Waals surface area (Å²) >= 11 is 0. The van der Waals surface area contributed by atoms with Gasteiger partial charge >= 0.3 is 0 Å². The quantitative estimate of drug-likeness (QED) is 0.677. The minimum absolute atomic E-state index is 0.00125. The molecule has 0 radical (unpaired) electrons. The molecule has 9 aliphatic rings. The van der Waals surface area contributed by atoms with Crippen molar-refractivity contribution in [2.24, 2.45) is 34.0 Å². The van der Waals surface area contributed by atoms with Crippen molar-refractivity contribution in [1.82, 2.24) is 4.90 Å². The average molecular weight is 357 g/mol. The van der Waals surface area contributed by atoms with E-state index in [1.165, 1.54) is 44.1 Å². The molecule has 5 saturated carbocycles. The number of rotatable bonds is 0. The molecule has 4 heteroatoms. The van der Waals surface area contributed by atoms with Crippen LogP contribution in [-0.4, -0.2) is 47.8 Å². The standard InChI is InChI=1S/C22H31NO3/c1-12-11-21-7-4-13(12)10-14(21)22-6-3-5-20(2)16(22)15(24)17(21)26-19(22)23-8-9-25-18(20)23/h13-19,24H,1,3-11H2,2H3/t13-,14+,15-,16+,17+,18?,19+,20+,21+,22+/m0/s1. The fraction of sp³-hybridized carbons (Fsp3) is 0.909. The molecule has 142 valence electrons. The summed E-state index contributed by atoms with van der Waals surface area (Å²) in [4.78, 5) is 2.57. The first-order chi connectivity index (χ1) is 12.5. The van der Waals surface area contributed by atoms with Crippen molar-refractivity contribution in [2.75, 3.05) is 13.2 Å². The number of ether oxygens (including phenoxy) is 2. The lowest BCUT2D eigenvalue weighted by Crippen LogP contribution is -2.85. The summed E-state index contributed by atoms with van der Waals surface area (Å²) in [6.45, 7) is 8.68. The molecule has 0 aromatic carbocycles. The van der Waals surface area contributed by atoms with Crippen LogP contribution in [0.5, 0.6) is 0 Å². The maximum atomic E-state index is 11.7. The van der Waals surface area contributed by atoms with Gasteiger partial charge in [0.2, 0.25) is 0 Å². The van der Waals surface area contributed by atoms with Crippen molar-refractivity contribution >= 4 is 0 Å². The SMILES string of the molecule is C=C1C[C@]23CC[C@H]1C[C@H]2[C@@]12CCC[C@@]4(C)C5OCCN5[C@@H]1O[C@@H]3[C@@H](O)[C@@H]24. The Morgan fingerprint density at radius 1 is 1.23 bits per heavy atom. The van der Waals surface area contributed by atoms with Gasteiger partial charge in [-0.25, -0.2) is 4.90 Å². The van der Waals surface area contributed by atoms with Crippen molar-refractivity contribution in [2.45, 2.75) is 76.5 Å². The summed E-state index contributed by atoms with van der Waals surface area (Å²) in [6, 6.07) is 0. The van der Waals surface area contributed by atoms with E-state index in [9.17, 15) is 5.11 Å². The summed E-state index contributed by atoms with van der Waals surface area (Å²) in [6.07, 6.45) is 8.57. The van der Waals surface area contributed by atoms with Crippen LogP contribution in [0.3, 0.4) is 0 Å². The van der Waals surface area contributed by atoms with Crippen LogP contribution >= 0.6 is 0 Å². The third-order valence-corrected chi connectivity index (χ3v) is 10.3. The summed E-state index contributed by atoms with van der Waals surface area (Å²) in [7, 11) is 0. The number of piperidine rings is 1. The summed E-state index contributed by atoms with van der Waals surface area (Å²) < 4.78 is 13.2. The predicted molar refractivity (Wildman–Crippen MR) is 96.0 cm³/mol. The second kappa shape index (κ2) is 4.42. The van der Waals surface area contributed by atoms with Crippen molar-refractivity contribution in [3.8, 4) is 0 Å². The van der Waals surface area contributed by atoms with Crippen molar-refractivity contribution in [3.05, 3.63) is 12.2 Å². The lowest BCUT2D eigenvalue weighted by atomic mass is 9.32. The lowest BCUT2D eigenvalue weighted by molar-refractivity contribution is -0.438. The molecule has 0 aromatic heterocycles. The molecular formula is C22H31NO3. The van der Waals surface area contributed by atoms with Gasteiger partial charge in [-0.3, -0.25) is 0 Å². The molecule has 26 heavy (non-hydrogen) atoms. The molecule has 1 unspecified atom stereocenters. The first-order valence-electron chi connectivity index (χ1n) is 10.9. The van der Waals surface area contributed by atoms with E-state index < -0.39 is 0 Å². The Hall–Kier alpha value is -0.420. The predicted octanol–water partition coefficient (Wildman–Crippen LogP) is 2.91. The van der Waals surface area contributed by atoms with E-state index in [4.69, 9.17) is 9.47 Å². The fourth-order valence-corrected chi connectivity index (χ4v) is 9.80. The number of hydrogen-bond donors (Lipinski definition) is 1. The molecular weight excluding hydrogens is 326 g/mol. The summed E-state index contributed by atoms with van der Waals surface area (Å²) in [5.74, 6) is 1.76. The van der Waals surface area contributed by atoms with Crippen molar-refractivity contribution in [1.29, 1.82) is 0 Å². The van der Waals surface area contributed by atoms with Crippen LogP contribution in [0.15, 0.2) is 12.2 Å². The van der Waals surface area contributed by atoms with Gasteiger partial charge < -0.3 is 14.6 Å². The molecule has 4 aliphatic heterocycles. The third kappa shape index (κ3) is 1.34. The maximum Gasteiger partial charge on any atom is 0.119 e. The Kier molecular flexibility index (Phi) is 2.64. The number of aliphatic hydroxyl groups is 1. The van der Waals surface area contributed by atoms with Gasteiger partial charge in [0.25, 0.3) is 0 Å². The average Bonchev–Trinajstić information content (AvgIpc) is 3.11. The Morgan fingerprint density at radius 2 is 2.12 bits per heavy atom. The molecule has 4 nitrogen and oxygen atoms in total. The second-order valence-corrected chi connectivity index (χ2v) is 10.9. The van der Waals surface area contributed by atoms with Crippen LogP contribution in [-0.2, 0) is 9.47 Å². The molecule has 7 bridgehead atoms. The second-order valence-electron chi connectivity index (χ2n) is 10.9. The monoisotopic (exact) mass is 357 g/mol. The van der Waals surface area contributed by atoms with Gasteiger partial charge in [0, 0.05) is 28.7 Å². The van der Waals surface area contributed by atoms with Gasteiger partial charge in [-0.05, 0) is 50.4 Å². The zero-order valence-electron chi connectivity index (χ0n) is 15.8. The lowest BCUT2D eigenvalue weighted by Gasteiger charge is -2.80. The smallest absolute Gasteiger partial charge is 0.119 e. The molecule has 5 aliphatic carbocycles. The highest BCUT2D eigenvalue weighted by molar-refractivity contribution is 5.31. The summed E-state index contributed by atoms with van der Waals surface area (Å²) in [5.41, 5.74) is 1.80. The summed E-state index contributed by atoms with van der Waals surface area (Å²) in [5, 5.41) is 11.7. The molecule has 4 heterocycles. The highest BCUT2D eigenvalue weighted by Crippen LogP contribution is 2.79. The van der Waals surface area contributed by atoms with Crippen molar-refractivity contribution in [3.63, 3.8) is 0 Å². The molecule has 0 amide bonds. The van der Waals surface area contributed by atoms with Gasteiger partial charge in [0.1, 0.15) is 12.5 Å². The fourth-order valence-electron chi connectivity index (χ4n) is 9.80. The number of fused-ring (bicyclic) bond motifs is 4. The van der Waals surface area contributed by atoms with E-state index in [0.29, 0.717) is 17.8 Å². The molecule has 2 spiro atoms. The molecule has 10 atom stereocenters. The van der Waals surface area contributed by atoms with Crippen LogP contribution in [0, 0.1) is 34.0 Å². The molecule has 4 saturated heterocycles. The van der Waals surface area contributed by atoms with Gasteiger partial charge in [-0.2, -0.15) is 0 Å². The highest BCUT2D eigenvalue weighted by Gasteiger charge is 2.81. The van der Waals surface area contributed by atoms with Gasteiger partial charge in [0.15, 0.2) is 0 Å². The zero-order valence-corrected chi connectivity index (χ0v) is 15.8. The van der Waals surface area contributed by atoms with E-state index in [2.05, 4.69) is 18.4 Å². The third-order valence-electron chi connectivity index (χ3n) is 10.3. The van der Waals surface area contributed by atoms with Gasteiger partial charge in [-0.1, -0.05) is 25.5 Å². The first kappa shape index (κ1) is 15.5. The van der Waals surface area contributed by atoms with Crippen LogP contribution in [0.2, 0.25) is 0 Å². The normalized spacial score (nSPS) is 65.2. The van der Waals surface area contributed by atoms with E-state index >= 15 is 0 Å². The number of nitrogens with zero attached hydrogens (tertiary/aromatic N) is 1. The Balaban J connectivity index is 1.47. The largest absolute Gasteiger partial charge is 0.390 e.